The van der Waals surface area contributed by atoms with Crippen molar-refractivity contribution in [2.24, 2.45) is 0 Å². The van der Waals surface area contributed by atoms with Crippen molar-refractivity contribution < 1.29 is 40.2 Å². The Kier molecular flexibility index (Phi) is 8.70. The molecule has 2 N–H and O–H groups in total. The second-order valence-electron chi connectivity index (χ2n) is 8.97. The first-order chi connectivity index (χ1) is 18.4. The van der Waals surface area contributed by atoms with Crippen molar-refractivity contribution in [3.05, 3.63) is 29.6 Å². The smallest absolute Gasteiger partial charge is 0.422 e. The fourth-order valence-electron chi connectivity index (χ4n) is 4.04. The molecule has 0 bridgehead atoms. The maximum absolute atomic E-state index is 14.5. The van der Waals surface area contributed by atoms with Gasteiger partial charge in [-0.15, -0.1) is 0 Å². The number of rotatable bonds is 8. The van der Waals surface area contributed by atoms with Crippen molar-refractivity contribution in [2.75, 3.05) is 62.9 Å². The number of anilines is 3. The second-order valence-corrected chi connectivity index (χ2v) is 11.0. The van der Waals surface area contributed by atoms with Crippen LogP contribution in [0.1, 0.15) is 23.2 Å². The van der Waals surface area contributed by atoms with Crippen molar-refractivity contribution in [1.29, 1.82) is 0 Å². The molecule has 0 radical (unpaired) electrons. The zero-order valence-electron chi connectivity index (χ0n) is 20.9. The van der Waals surface area contributed by atoms with Crippen LogP contribution in [0, 0.1) is 5.82 Å². The molecular weight excluding hydrogens is 550 g/mol. The number of alkyl halides is 3. The van der Waals surface area contributed by atoms with Gasteiger partial charge in [0.05, 0.1) is 25.0 Å². The van der Waals surface area contributed by atoms with Gasteiger partial charge in [0.25, 0.3) is 5.91 Å². The number of morpholine rings is 1. The first-order valence-corrected chi connectivity index (χ1v) is 13.8. The van der Waals surface area contributed by atoms with Crippen molar-refractivity contribution in [1.82, 2.24) is 24.2 Å². The lowest BCUT2D eigenvalue weighted by atomic mass is 10.1. The third-order valence-electron chi connectivity index (χ3n) is 5.99. The molecule has 214 valence electrons. The third-order valence-corrected chi connectivity index (χ3v) is 7.29. The second kappa shape index (κ2) is 11.8. The average molecular weight is 578 g/mol. The molecule has 1 aromatic carbocycles. The molecule has 4 rings (SSSR count). The van der Waals surface area contributed by atoms with Crippen molar-refractivity contribution in [2.45, 2.75) is 25.1 Å². The number of amides is 1. The van der Waals surface area contributed by atoms with Gasteiger partial charge in [-0.2, -0.15) is 28.1 Å². The Bertz CT molecular complexity index is 1280. The monoisotopic (exact) mass is 577 g/mol. The van der Waals surface area contributed by atoms with Crippen LogP contribution in [0.25, 0.3) is 0 Å². The van der Waals surface area contributed by atoms with E-state index in [0.717, 1.165) is 12.3 Å². The number of nitrogens with zero attached hydrogens (tertiary/aromatic N) is 5. The summed E-state index contributed by atoms with van der Waals surface area (Å²) in [4.78, 5) is 26.2. The van der Waals surface area contributed by atoms with Gasteiger partial charge >= 0.3 is 12.2 Å². The lowest BCUT2D eigenvalue weighted by Crippen LogP contribution is -2.42. The molecule has 0 unspecified atom stereocenters. The number of benzene rings is 1. The molecule has 2 aromatic rings. The summed E-state index contributed by atoms with van der Waals surface area (Å²) in [5, 5.41) is 5.74. The molecule has 0 saturated carbocycles. The fraction of sp³-hybridized carbons (Fsp3) is 0.545. The molecule has 2 aliphatic heterocycles. The van der Waals surface area contributed by atoms with E-state index in [1.54, 1.807) is 0 Å². The summed E-state index contributed by atoms with van der Waals surface area (Å²) in [6, 6.07) is 2.76. The first-order valence-electron chi connectivity index (χ1n) is 12.0. The number of carbonyl (C=O) groups excluding carboxylic acids is 1. The predicted octanol–water partition coefficient (Wildman–Crippen LogP) is 2.00. The Morgan fingerprint density at radius 3 is 2.41 bits per heavy atom. The Labute approximate surface area is 221 Å². The Balaban J connectivity index is 1.53. The largest absolute Gasteiger partial charge is 0.454 e. The van der Waals surface area contributed by atoms with E-state index in [9.17, 15) is 30.8 Å². The van der Waals surface area contributed by atoms with Crippen molar-refractivity contribution in [3.8, 4) is 6.01 Å². The van der Waals surface area contributed by atoms with E-state index in [0.29, 0.717) is 39.1 Å². The summed E-state index contributed by atoms with van der Waals surface area (Å²) < 4.78 is 87.5. The number of piperidine rings is 1. The molecule has 39 heavy (non-hydrogen) atoms. The summed E-state index contributed by atoms with van der Waals surface area (Å²) in [7, 11) is -3.34. The number of ether oxygens (including phenoxy) is 2. The minimum Gasteiger partial charge on any atom is -0.454 e. The molecule has 0 aliphatic carbocycles. The number of halogens is 4. The van der Waals surface area contributed by atoms with Crippen LogP contribution in [0.15, 0.2) is 18.2 Å². The summed E-state index contributed by atoms with van der Waals surface area (Å²) >= 11 is 0. The highest BCUT2D eigenvalue weighted by atomic mass is 32.2. The summed E-state index contributed by atoms with van der Waals surface area (Å²) in [5.74, 6) is -1.60. The van der Waals surface area contributed by atoms with Crippen molar-refractivity contribution >= 4 is 33.5 Å². The van der Waals surface area contributed by atoms with Gasteiger partial charge in [-0.05, 0) is 31.0 Å². The minimum absolute atomic E-state index is 0.103. The maximum Gasteiger partial charge on any atom is 0.422 e. The van der Waals surface area contributed by atoms with Gasteiger partial charge in [0.1, 0.15) is 5.82 Å². The van der Waals surface area contributed by atoms with Gasteiger partial charge in [0, 0.05) is 37.9 Å². The predicted molar refractivity (Wildman–Crippen MR) is 131 cm³/mol. The van der Waals surface area contributed by atoms with Gasteiger partial charge in [0.2, 0.25) is 21.9 Å². The molecule has 1 amide bonds. The van der Waals surface area contributed by atoms with E-state index in [1.807, 2.05) is 0 Å². The molecule has 0 spiro atoms. The van der Waals surface area contributed by atoms with Crippen LogP contribution in [0.5, 0.6) is 6.01 Å². The Morgan fingerprint density at radius 1 is 1.10 bits per heavy atom. The van der Waals surface area contributed by atoms with Crippen LogP contribution in [0.3, 0.4) is 0 Å². The summed E-state index contributed by atoms with van der Waals surface area (Å²) in [5.41, 5.74) is -0.00567. The van der Waals surface area contributed by atoms with Gasteiger partial charge in [-0.1, -0.05) is 0 Å². The van der Waals surface area contributed by atoms with Crippen LogP contribution >= 0.6 is 0 Å². The molecule has 1 aromatic heterocycles. The Morgan fingerprint density at radius 2 is 1.77 bits per heavy atom. The molecule has 2 saturated heterocycles. The standard InChI is InChI=1S/C22H27F4N7O5S/c1-39(35,36)33-6-4-14(5-7-33)27-19-29-20(31-21(30-19)38-13-22(24,25)26)28-15-2-3-17(23)16(12-15)18(34)32-8-10-37-11-9-32/h2-3,12,14H,4-11,13H2,1H3,(H2,27,28,29,30,31). The minimum atomic E-state index is -4.64. The fourth-order valence-corrected chi connectivity index (χ4v) is 4.91. The maximum atomic E-state index is 14.5. The van der Waals surface area contributed by atoms with Gasteiger partial charge < -0.3 is 25.0 Å². The van der Waals surface area contributed by atoms with E-state index in [4.69, 9.17) is 9.47 Å². The number of carbonyl (C=O) groups is 1. The molecule has 17 heteroatoms. The zero-order valence-corrected chi connectivity index (χ0v) is 21.7. The van der Waals surface area contributed by atoms with E-state index in [1.165, 1.54) is 21.3 Å². The highest BCUT2D eigenvalue weighted by Gasteiger charge is 2.30. The molecular formula is C22H27F4N7O5S. The van der Waals surface area contributed by atoms with Gasteiger partial charge in [-0.25, -0.2) is 17.1 Å². The normalized spacial score (nSPS) is 17.6. The summed E-state index contributed by atoms with van der Waals surface area (Å²) in [6.07, 6.45) is -2.71. The number of aromatic nitrogens is 3. The molecule has 0 atom stereocenters. The Hall–Kier alpha value is -3.31. The SMILES string of the molecule is CS(=O)(=O)N1CCC(Nc2nc(Nc3ccc(F)c(C(=O)N4CCOCC4)c3)nc(OCC(F)(F)F)n2)CC1. The van der Waals surface area contributed by atoms with Crippen LogP contribution < -0.4 is 15.4 Å². The van der Waals surface area contributed by atoms with Crippen LogP contribution in [0.4, 0.5) is 35.1 Å². The van der Waals surface area contributed by atoms with Crippen molar-refractivity contribution in [3.63, 3.8) is 0 Å². The van der Waals surface area contributed by atoms with Crippen LogP contribution in [-0.2, 0) is 14.8 Å². The lowest BCUT2D eigenvalue weighted by molar-refractivity contribution is -0.154. The van der Waals surface area contributed by atoms with E-state index < -0.39 is 40.5 Å². The van der Waals surface area contributed by atoms with E-state index >= 15 is 0 Å². The van der Waals surface area contributed by atoms with E-state index in [2.05, 4.69) is 25.6 Å². The van der Waals surface area contributed by atoms with Crippen LogP contribution in [-0.4, -0.2) is 103 Å². The topological polar surface area (TPSA) is 139 Å². The molecule has 3 heterocycles. The van der Waals surface area contributed by atoms with Crippen LogP contribution in [0.2, 0.25) is 0 Å². The highest BCUT2D eigenvalue weighted by molar-refractivity contribution is 7.88. The number of hydrogen-bond acceptors (Lipinski definition) is 10. The van der Waals surface area contributed by atoms with Gasteiger partial charge in [-0.3, -0.25) is 4.79 Å². The molecule has 2 fully saturated rings. The number of sulfonamides is 1. The molecule has 12 nitrogen and oxygen atoms in total. The van der Waals surface area contributed by atoms with E-state index in [-0.39, 0.29) is 42.3 Å². The highest BCUT2D eigenvalue weighted by Crippen LogP contribution is 2.24. The number of hydrogen-bond donors (Lipinski definition) is 2. The number of nitrogens with one attached hydrogen (secondary N) is 2. The third kappa shape index (κ3) is 8.09. The first kappa shape index (κ1) is 28.7. The molecule has 2 aliphatic rings. The van der Waals surface area contributed by atoms with Gasteiger partial charge in [0.15, 0.2) is 6.61 Å². The lowest BCUT2D eigenvalue weighted by Gasteiger charge is -2.30. The quantitative estimate of drug-likeness (QED) is 0.448. The zero-order chi connectivity index (χ0) is 28.2. The summed E-state index contributed by atoms with van der Waals surface area (Å²) in [6.45, 7) is 0.138. The average Bonchev–Trinajstić information content (AvgIpc) is 2.88.